The van der Waals surface area contributed by atoms with Gasteiger partial charge in [-0.15, -0.1) is 0 Å². The zero-order chi connectivity index (χ0) is 14.2. The third-order valence-electron chi connectivity index (χ3n) is 4.75. The summed E-state index contributed by atoms with van der Waals surface area (Å²) in [5.74, 6) is 0. The molecule has 1 aliphatic carbocycles. The molecule has 21 heavy (non-hydrogen) atoms. The van der Waals surface area contributed by atoms with Crippen molar-refractivity contribution < 1.29 is 4.74 Å². The molecular weight excluding hydrogens is 258 g/mol. The summed E-state index contributed by atoms with van der Waals surface area (Å²) in [4.78, 5) is 0. The van der Waals surface area contributed by atoms with E-state index in [2.05, 4.69) is 48.6 Å². The van der Waals surface area contributed by atoms with Crippen molar-refractivity contribution in [1.82, 2.24) is 5.32 Å². The molecule has 0 spiro atoms. The van der Waals surface area contributed by atoms with Gasteiger partial charge in [-0.05, 0) is 58.8 Å². The highest BCUT2D eigenvalue weighted by Gasteiger charge is 2.24. The average molecular weight is 279 g/mol. The predicted octanol–water partition coefficient (Wildman–Crippen LogP) is 3.98. The number of ether oxygens (including phenoxy) is 1. The van der Waals surface area contributed by atoms with Crippen LogP contribution in [0.2, 0.25) is 0 Å². The fourth-order valence-corrected chi connectivity index (χ4v) is 3.72. The number of hydrogen-bond donors (Lipinski definition) is 1. The van der Waals surface area contributed by atoms with E-state index in [9.17, 15) is 0 Å². The minimum Gasteiger partial charge on any atom is -0.372 e. The Morgan fingerprint density at radius 2 is 2.05 bits per heavy atom. The number of fused-ring (bicyclic) bond motifs is 2. The largest absolute Gasteiger partial charge is 0.372 e. The Kier molecular flexibility index (Phi) is 3.28. The highest BCUT2D eigenvalue weighted by Crippen LogP contribution is 2.38. The molecular formula is C19H21NO. The Balaban J connectivity index is 1.77. The van der Waals surface area contributed by atoms with Gasteiger partial charge in [0, 0.05) is 6.04 Å². The summed E-state index contributed by atoms with van der Waals surface area (Å²) in [6, 6.07) is 14.1. The molecule has 0 radical (unpaired) electrons. The van der Waals surface area contributed by atoms with Gasteiger partial charge in [0.15, 0.2) is 0 Å². The average Bonchev–Trinajstić information content (AvgIpc) is 3.13. The SMILES string of the molecule is CCNC1CCc2c(-c3ccc4c(c3)COC4)cccc21. The van der Waals surface area contributed by atoms with Gasteiger partial charge in [0.25, 0.3) is 0 Å². The van der Waals surface area contributed by atoms with Crippen molar-refractivity contribution in [2.45, 2.75) is 39.0 Å². The van der Waals surface area contributed by atoms with Crippen LogP contribution in [-0.4, -0.2) is 6.54 Å². The Morgan fingerprint density at radius 3 is 2.95 bits per heavy atom. The summed E-state index contributed by atoms with van der Waals surface area (Å²) >= 11 is 0. The lowest BCUT2D eigenvalue weighted by molar-refractivity contribution is 0.134. The van der Waals surface area contributed by atoms with Crippen LogP contribution in [0.4, 0.5) is 0 Å². The third kappa shape index (κ3) is 2.19. The number of benzene rings is 2. The van der Waals surface area contributed by atoms with Gasteiger partial charge in [-0.3, -0.25) is 0 Å². The van der Waals surface area contributed by atoms with Crippen molar-refractivity contribution in [3.05, 3.63) is 58.7 Å². The fraction of sp³-hybridized carbons (Fsp3) is 0.368. The van der Waals surface area contributed by atoms with E-state index in [0.29, 0.717) is 6.04 Å². The molecule has 108 valence electrons. The standard InChI is InChI=1S/C19H21NO/c1-2-20-19-9-8-17-16(4-3-5-18(17)19)13-6-7-14-11-21-12-15(14)10-13/h3-7,10,19-20H,2,8-9,11-12H2,1H3. The maximum Gasteiger partial charge on any atom is 0.0725 e. The lowest BCUT2D eigenvalue weighted by Gasteiger charge is -2.14. The molecule has 0 saturated carbocycles. The quantitative estimate of drug-likeness (QED) is 0.917. The zero-order valence-corrected chi connectivity index (χ0v) is 12.5. The van der Waals surface area contributed by atoms with E-state index in [1.165, 1.54) is 46.2 Å². The van der Waals surface area contributed by atoms with E-state index < -0.39 is 0 Å². The second-order valence-corrected chi connectivity index (χ2v) is 6.00. The first-order chi connectivity index (χ1) is 10.4. The number of nitrogens with one attached hydrogen (secondary N) is 1. The van der Waals surface area contributed by atoms with Gasteiger partial charge >= 0.3 is 0 Å². The maximum atomic E-state index is 5.54. The summed E-state index contributed by atoms with van der Waals surface area (Å²) in [5.41, 5.74) is 8.47. The molecule has 2 heteroatoms. The summed E-state index contributed by atoms with van der Waals surface area (Å²) in [7, 11) is 0. The molecule has 2 aliphatic rings. The molecule has 2 nitrogen and oxygen atoms in total. The topological polar surface area (TPSA) is 21.3 Å². The molecule has 1 aliphatic heterocycles. The lowest BCUT2D eigenvalue weighted by Crippen LogP contribution is -2.18. The first-order valence-electron chi connectivity index (χ1n) is 7.92. The van der Waals surface area contributed by atoms with Gasteiger partial charge in [0.1, 0.15) is 0 Å². The molecule has 0 fully saturated rings. The molecule has 1 N–H and O–H groups in total. The van der Waals surface area contributed by atoms with Crippen LogP contribution in [0.25, 0.3) is 11.1 Å². The predicted molar refractivity (Wildman–Crippen MR) is 85.1 cm³/mol. The van der Waals surface area contributed by atoms with Crippen molar-refractivity contribution in [2.24, 2.45) is 0 Å². The highest BCUT2D eigenvalue weighted by atomic mass is 16.5. The van der Waals surface area contributed by atoms with Crippen LogP contribution >= 0.6 is 0 Å². The minimum absolute atomic E-state index is 0.530. The van der Waals surface area contributed by atoms with Crippen LogP contribution in [0.15, 0.2) is 36.4 Å². The van der Waals surface area contributed by atoms with E-state index in [1.54, 1.807) is 0 Å². The zero-order valence-electron chi connectivity index (χ0n) is 12.5. The van der Waals surface area contributed by atoms with Crippen LogP contribution in [0, 0.1) is 0 Å². The fourth-order valence-electron chi connectivity index (χ4n) is 3.72. The molecule has 1 unspecified atom stereocenters. The summed E-state index contributed by atoms with van der Waals surface area (Å²) in [6.07, 6.45) is 2.39. The Labute approximate surface area is 126 Å². The molecule has 1 heterocycles. The van der Waals surface area contributed by atoms with Gasteiger partial charge in [0.05, 0.1) is 13.2 Å². The first-order valence-corrected chi connectivity index (χ1v) is 7.92. The smallest absolute Gasteiger partial charge is 0.0725 e. The number of hydrogen-bond acceptors (Lipinski definition) is 2. The van der Waals surface area contributed by atoms with Crippen LogP contribution < -0.4 is 5.32 Å². The van der Waals surface area contributed by atoms with Crippen LogP contribution in [0.3, 0.4) is 0 Å². The Bertz CT molecular complexity index is 677. The van der Waals surface area contributed by atoms with E-state index in [0.717, 1.165) is 19.8 Å². The molecule has 4 rings (SSSR count). The summed E-state index contributed by atoms with van der Waals surface area (Å²) in [6.45, 7) is 4.75. The van der Waals surface area contributed by atoms with Crippen molar-refractivity contribution in [3.8, 4) is 11.1 Å². The van der Waals surface area contributed by atoms with Gasteiger partial charge in [-0.2, -0.15) is 0 Å². The van der Waals surface area contributed by atoms with Crippen molar-refractivity contribution in [1.29, 1.82) is 0 Å². The molecule has 0 saturated heterocycles. The Morgan fingerprint density at radius 1 is 1.14 bits per heavy atom. The van der Waals surface area contributed by atoms with E-state index >= 15 is 0 Å². The van der Waals surface area contributed by atoms with Gasteiger partial charge < -0.3 is 10.1 Å². The second-order valence-electron chi connectivity index (χ2n) is 6.00. The van der Waals surface area contributed by atoms with Gasteiger partial charge in [-0.25, -0.2) is 0 Å². The van der Waals surface area contributed by atoms with E-state index in [4.69, 9.17) is 4.74 Å². The molecule has 1 atom stereocenters. The van der Waals surface area contributed by atoms with Gasteiger partial charge in [0.2, 0.25) is 0 Å². The normalized spacial score (nSPS) is 19.6. The van der Waals surface area contributed by atoms with Crippen molar-refractivity contribution >= 4 is 0 Å². The molecule has 2 aromatic rings. The van der Waals surface area contributed by atoms with Crippen LogP contribution in [0.5, 0.6) is 0 Å². The maximum absolute atomic E-state index is 5.54. The number of rotatable bonds is 3. The molecule has 0 aromatic heterocycles. The highest BCUT2D eigenvalue weighted by molar-refractivity contribution is 5.71. The summed E-state index contributed by atoms with van der Waals surface area (Å²) < 4.78 is 5.54. The monoisotopic (exact) mass is 279 g/mol. The molecule has 0 bridgehead atoms. The van der Waals surface area contributed by atoms with Crippen LogP contribution in [0.1, 0.15) is 41.6 Å². The molecule has 2 aromatic carbocycles. The summed E-state index contributed by atoms with van der Waals surface area (Å²) in [5, 5.41) is 3.60. The van der Waals surface area contributed by atoms with Crippen molar-refractivity contribution in [3.63, 3.8) is 0 Å². The minimum atomic E-state index is 0.530. The van der Waals surface area contributed by atoms with Crippen molar-refractivity contribution in [2.75, 3.05) is 6.54 Å². The third-order valence-corrected chi connectivity index (χ3v) is 4.75. The van der Waals surface area contributed by atoms with E-state index in [-0.39, 0.29) is 0 Å². The molecule has 0 amide bonds. The first kappa shape index (κ1) is 13.1. The second kappa shape index (κ2) is 5.28. The van der Waals surface area contributed by atoms with Gasteiger partial charge in [-0.1, -0.05) is 37.3 Å². The lowest BCUT2D eigenvalue weighted by atomic mass is 9.94. The van der Waals surface area contributed by atoms with Crippen LogP contribution in [-0.2, 0) is 24.4 Å². The van der Waals surface area contributed by atoms with E-state index in [1.807, 2.05) is 0 Å². The Hall–Kier alpha value is -1.64.